The summed E-state index contributed by atoms with van der Waals surface area (Å²) in [6.07, 6.45) is 5.45. The number of nitrogens with one attached hydrogen (secondary N) is 1. The largest absolute Gasteiger partial charge is 0.510 e. The van der Waals surface area contributed by atoms with Crippen LogP contribution in [0.3, 0.4) is 0 Å². The van der Waals surface area contributed by atoms with Crippen LogP contribution in [0, 0.1) is 11.8 Å². The second kappa shape index (κ2) is 2.41. The highest BCUT2D eigenvalue weighted by molar-refractivity contribution is 5.18. The van der Waals surface area contributed by atoms with E-state index < -0.39 is 0 Å². The lowest BCUT2D eigenvalue weighted by molar-refractivity contribution is 0.128. The minimum atomic E-state index is 0.127. The Balaban J connectivity index is 2.25. The van der Waals surface area contributed by atoms with Crippen LogP contribution in [0.1, 0.15) is 33.1 Å². The van der Waals surface area contributed by atoms with Crippen molar-refractivity contribution in [2.75, 3.05) is 0 Å². The maximum Gasteiger partial charge on any atom is 0.113 e. The summed E-state index contributed by atoms with van der Waals surface area (Å²) in [4.78, 5) is 0. The molecule has 0 saturated heterocycles. The maximum atomic E-state index is 9.61. The third kappa shape index (κ3) is 0.869. The van der Waals surface area contributed by atoms with Gasteiger partial charge in [-0.15, -0.1) is 0 Å². The molecule has 2 unspecified atom stereocenters. The molecular formula is C10H17NO. The summed E-state index contributed by atoms with van der Waals surface area (Å²) < 4.78 is 0. The molecule has 0 aromatic carbocycles. The summed E-state index contributed by atoms with van der Waals surface area (Å²) in [5.41, 5.74) is 0.127. The molecule has 1 aliphatic carbocycles. The van der Waals surface area contributed by atoms with E-state index in [2.05, 4.69) is 19.2 Å². The molecule has 12 heavy (non-hydrogen) atoms. The van der Waals surface area contributed by atoms with E-state index in [1.807, 2.05) is 0 Å². The first kappa shape index (κ1) is 7.96. The minimum absolute atomic E-state index is 0.127. The molecule has 0 spiro atoms. The molecule has 2 N–H and O–H groups in total. The lowest BCUT2D eigenvalue weighted by atomic mass is 9.68. The van der Waals surface area contributed by atoms with Crippen LogP contribution in [0.25, 0.3) is 0 Å². The van der Waals surface area contributed by atoms with Gasteiger partial charge < -0.3 is 10.4 Å². The van der Waals surface area contributed by atoms with Crippen molar-refractivity contribution in [3.05, 3.63) is 12.0 Å². The minimum Gasteiger partial charge on any atom is -0.510 e. The zero-order valence-corrected chi connectivity index (χ0v) is 7.80. The average molecular weight is 167 g/mol. The summed E-state index contributed by atoms with van der Waals surface area (Å²) in [6, 6.07) is 0. The molecule has 0 radical (unpaired) electrons. The van der Waals surface area contributed by atoms with Crippen molar-refractivity contribution < 1.29 is 5.11 Å². The fraction of sp³-hybridized carbons (Fsp3) is 0.800. The van der Waals surface area contributed by atoms with Crippen molar-refractivity contribution in [1.29, 1.82) is 0 Å². The molecule has 1 aliphatic heterocycles. The summed E-state index contributed by atoms with van der Waals surface area (Å²) in [6.45, 7) is 4.49. The molecular weight excluding hydrogens is 150 g/mol. The third-order valence-corrected chi connectivity index (χ3v) is 3.77. The number of aliphatic hydroxyl groups is 1. The molecule has 2 rings (SSSR count). The van der Waals surface area contributed by atoms with E-state index in [1.165, 1.54) is 12.8 Å². The van der Waals surface area contributed by atoms with E-state index in [4.69, 9.17) is 0 Å². The first-order valence-corrected chi connectivity index (χ1v) is 4.81. The van der Waals surface area contributed by atoms with Crippen molar-refractivity contribution in [2.45, 2.75) is 38.6 Å². The molecule has 2 aliphatic rings. The Morgan fingerprint density at radius 2 is 2.33 bits per heavy atom. The number of rotatable bonds is 0. The fourth-order valence-corrected chi connectivity index (χ4v) is 2.60. The van der Waals surface area contributed by atoms with Gasteiger partial charge in [0.05, 0.1) is 0 Å². The quantitative estimate of drug-likeness (QED) is 0.579. The zero-order valence-electron chi connectivity index (χ0n) is 7.80. The van der Waals surface area contributed by atoms with Gasteiger partial charge in [-0.3, -0.25) is 0 Å². The van der Waals surface area contributed by atoms with Gasteiger partial charge in [-0.05, 0) is 25.7 Å². The van der Waals surface area contributed by atoms with Gasteiger partial charge in [0.2, 0.25) is 0 Å². The van der Waals surface area contributed by atoms with Crippen LogP contribution in [0.15, 0.2) is 12.0 Å². The Morgan fingerprint density at radius 3 is 3.00 bits per heavy atom. The van der Waals surface area contributed by atoms with Gasteiger partial charge >= 0.3 is 0 Å². The number of hydrogen-bond donors (Lipinski definition) is 2. The smallest absolute Gasteiger partial charge is 0.113 e. The molecule has 2 nitrogen and oxygen atoms in total. The van der Waals surface area contributed by atoms with Crippen LogP contribution in [0.2, 0.25) is 0 Å². The Hall–Kier alpha value is -0.660. The highest BCUT2D eigenvalue weighted by Gasteiger charge is 2.46. The first-order chi connectivity index (χ1) is 5.64. The van der Waals surface area contributed by atoms with E-state index in [9.17, 15) is 5.11 Å². The van der Waals surface area contributed by atoms with Gasteiger partial charge in [0.25, 0.3) is 0 Å². The van der Waals surface area contributed by atoms with Crippen LogP contribution < -0.4 is 5.32 Å². The SMILES string of the molecule is CC1CCC[C@@H]2C(O)=CNC12C. The van der Waals surface area contributed by atoms with Crippen molar-refractivity contribution in [2.24, 2.45) is 11.8 Å². The van der Waals surface area contributed by atoms with E-state index >= 15 is 0 Å². The number of hydrogen-bond acceptors (Lipinski definition) is 2. The molecule has 1 heterocycles. The van der Waals surface area contributed by atoms with Crippen molar-refractivity contribution >= 4 is 0 Å². The summed E-state index contributed by atoms with van der Waals surface area (Å²) >= 11 is 0. The lowest BCUT2D eigenvalue weighted by Crippen LogP contribution is -2.50. The molecule has 1 fully saturated rings. The fourth-order valence-electron chi connectivity index (χ4n) is 2.60. The van der Waals surface area contributed by atoms with Gasteiger partial charge in [0.15, 0.2) is 0 Å². The average Bonchev–Trinajstić information content (AvgIpc) is 2.33. The van der Waals surface area contributed by atoms with E-state index in [0.29, 0.717) is 17.6 Å². The number of aliphatic hydroxyl groups excluding tert-OH is 1. The summed E-state index contributed by atoms with van der Waals surface area (Å²) in [5, 5.41) is 12.9. The molecule has 3 atom stereocenters. The predicted molar refractivity (Wildman–Crippen MR) is 48.8 cm³/mol. The van der Waals surface area contributed by atoms with E-state index in [1.54, 1.807) is 6.20 Å². The standard InChI is InChI=1S/C10H17NO/c1-7-4-3-5-8-9(12)6-11-10(7,8)2/h6-8,11-12H,3-5H2,1-2H3/t7?,8-,10?/m1/s1. The van der Waals surface area contributed by atoms with Crippen molar-refractivity contribution in [3.8, 4) is 0 Å². The van der Waals surface area contributed by atoms with Crippen molar-refractivity contribution in [1.82, 2.24) is 5.32 Å². The molecule has 2 heteroatoms. The first-order valence-electron chi connectivity index (χ1n) is 4.81. The highest BCUT2D eigenvalue weighted by Crippen LogP contribution is 2.43. The van der Waals surface area contributed by atoms with Crippen LogP contribution >= 0.6 is 0 Å². The topological polar surface area (TPSA) is 32.3 Å². The Bertz CT molecular complexity index is 224. The van der Waals surface area contributed by atoms with Gasteiger partial charge in [0, 0.05) is 17.7 Å². The Labute approximate surface area is 73.7 Å². The van der Waals surface area contributed by atoms with Crippen LogP contribution in [0.5, 0.6) is 0 Å². The van der Waals surface area contributed by atoms with Crippen molar-refractivity contribution in [3.63, 3.8) is 0 Å². The highest BCUT2D eigenvalue weighted by atomic mass is 16.3. The predicted octanol–water partition coefficient (Wildman–Crippen LogP) is 2.18. The number of fused-ring (bicyclic) bond motifs is 1. The van der Waals surface area contributed by atoms with Gasteiger partial charge in [-0.2, -0.15) is 0 Å². The normalized spacial score (nSPS) is 46.3. The summed E-state index contributed by atoms with van der Waals surface area (Å²) in [7, 11) is 0. The maximum absolute atomic E-state index is 9.61. The molecule has 68 valence electrons. The van der Waals surface area contributed by atoms with Gasteiger partial charge in [-0.1, -0.05) is 13.3 Å². The van der Waals surface area contributed by atoms with E-state index in [-0.39, 0.29) is 5.54 Å². The van der Waals surface area contributed by atoms with Crippen LogP contribution in [-0.4, -0.2) is 10.6 Å². The van der Waals surface area contributed by atoms with Gasteiger partial charge in [-0.25, -0.2) is 0 Å². The molecule has 0 bridgehead atoms. The summed E-state index contributed by atoms with van der Waals surface area (Å²) in [5.74, 6) is 1.59. The monoisotopic (exact) mass is 167 g/mol. The lowest BCUT2D eigenvalue weighted by Gasteiger charge is -2.42. The third-order valence-electron chi connectivity index (χ3n) is 3.77. The second-order valence-corrected chi connectivity index (χ2v) is 4.38. The molecule has 1 saturated carbocycles. The van der Waals surface area contributed by atoms with Gasteiger partial charge in [0.1, 0.15) is 5.76 Å². The molecule has 0 amide bonds. The zero-order chi connectivity index (χ0) is 8.77. The second-order valence-electron chi connectivity index (χ2n) is 4.38. The van der Waals surface area contributed by atoms with E-state index in [0.717, 1.165) is 6.42 Å². The Morgan fingerprint density at radius 1 is 1.58 bits per heavy atom. The van der Waals surface area contributed by atoms with Crippen LogP contribution in [-0.2, 0) is 0 Å². The molecule has 0 aromatic heterocycles. The van der Waals surface area contributed by atoms with Crippen LogP contribution in [0.4, 0.5) is 0 Å². The molecule has 0 aromatic rings. The Kier molecular flexibility index (Phi) is 1.60.